The predicted octanol–water partition coefficient (Wildman–Crippen LogP) is 2.30. The Morgan fingerprint density at radius 3 is 2.73 bits per heavy atom. The molecule has 3 nitrogen and oxygen atoms in total. The van der Waals surface area contributed by atoms with E-state index in [9.17, 15) is 4.79 Å². The normalized spacial score (nSPS) is 12.3. The number of carbonyl (C=O) groups excluding carboxylic acids is 1. The smallest absolute Gasteiger partial charge is 0.241 e. The van der Waals surface area contributed by atoms with Crippen LogP contribution in [0, 0.1) is 6.92 Å². The van der Waals surface area contributed by atoms with Gasteiger partial charge in [0.1, 0.15) is 0 Å². The van der Waals surface area contributed by atoms with Crippen LogP contribution in [0.15, 0.2) is 22.7 Å². The van der Waals surface area contributed by atoms with Crippen molar-refractivity contribution < 1.29 is 4.79 Å². The maximum Gasteiger partial charge on any atom is 0.241 e. The van der Waals surface area contributed by atoms with Crippen molar-refractivity contribution in [3.8, 4) is 0 Å². The number of benzene rings is 1. The van der Waals surface area contributed by atoms with E-state index in [1.165, 1.54) is 0 Å². The fraction of sp³-hybridized carbons (Fsp3) is 0.364. The quantitative estimate of drug-likeness (QED) is 0.885. The van der Waals surface area contributed by atoms with Gasteiger partial charge >= 0.3 is 0 Å². The number of hydrogen-bond acceptors (Lipinski definition) is 2. The van der Waals surface area contributed by atoms with Crippen molar-refractivity contribution in [3.05, 3.63) is 28.2 Å². The molecule has 1 amide bonds. The van der Waals surface area contributed by atoms with Crippen molar-refractivity contribution in [2.24, 2.45) is 0 Å². The second-order valence-electron chi connectivity index (χ2n) is 3.46. The van der Waals surface area contributed by atoms with E-state index in [-0.39, 0.29) is 11.9 Å². The van der Waals surface area contributed by atoms with Gasteiger partial charge in [0.25, 0.3) is 0 Å². The summed E-state index contributed by atoms with van der Waals surface area (Å²) in [5, 5.41) is 5.77. The number of anilines is 1. The van der Waals surface area contributed by atoms with E-state index in [1.54, 1.807) is 7.05 Å². The third-order valence-corrected chi connectivity index (χ3v) is 2.78. The lowest BCUT2D eigenvalue weighted by atomic mass is 10.2. The molecular weight excluding hydrogens is 256 g/mol. The Bertz CT molecular complexity index is 366. The lowest BCUT2D eigenvalue weighted by Gasteiger charge is -2.13. The first-order valence-corrected chi connectivity index (χ1v) is 5.58. The molecule has 0 heterocycles. The van der Waals surface area contributed by atoms with Crippen LogP contribution >= 0.6 is 15.9 Å². The molecule has 2 N–H and O–H groups in total. The Morgan fingerprint density at radius 1 is 1.47 bits per heavy atom. The Kier molecular flexibility index (Phi) is 4.29. The molecule has 0 fully saturated rings. The number of carbonyl (C=O) groups is 1. The zero-order valence-corrected chi connectivity index (χ0v) is 10.7. The maximum atomic E-state index is 11.6. The van der Waals surface area contributed by atoms with Crippen LogP contribution in [-0.2, 0) is 4.79 Å². The zero-order chi connectivity index (χ0) is 11.4. The highest BCUT2D eigenvalue weighted by Crippen LogP contribution is 2.20. The van der Waals surface area contributed by atoms with Gasteiger partial charge in [-0.1, -0.05) is 22.0 Å². The number of halogens is 1. The molecule has 0 aliphatic heterocycles. The molecule has 1 unspecified atom stereocenters. The summed E-state index contributed by atoms with van der Waals surface area (Å²) < 4.78 is 0.959. The molecule has 15 heavy (non-hydrogen) atoms. The highest BCUT2D eigenvalue weighted by molar-refractivity contribution is 9.10. The van der Waals surface area contributed by atoms with Gasteiger partial charge in [-0.25, -0.2) is 0 Å². The largest absolute Gasteiger partial charge is 0.324 e. The molecule has 0 saturated heterocycles. The fourth-order valence-electron chi connectivity index (χ4n) is 1.10. The van der Waals surface area contributed by atoms with Crippen LogP contribution < -0.4 is 10.6 Å². The summed E-state index contributed by atoms with van der Waals surface area (Å²) in [7, 11) is 1.76. The molecule has 0 aliphatic rings. The van der Waals surface area contributed by atoms with Crippen LogP contribution in [0.3, 0.4) is 0 Å². The van der Waals surface area contributed by atoms with Crippen LogP contribution in [-0.4, -0.2) is 19.0 Å². The summed E-state index contributed by atoms with van der Waals surface area (Å²) in [6, 6.07) is 5.62. The minimum absolute atomic E-state index is 0.0290. The number of likely N-dealkylation sites (N-methyl/N-ethyl adjacent to an activating group) is 1. The van der Waals surface area contributed by atoms with E-state index >= 15 is 0 Å². The molecule has 1 aromatic rings. The Morgan fingerprint density at radius 2 is 2.13 bits per heavy atom. The van der Waals surface area contributed by atoms with Gasteiger partial charge < -0.3 is 10.6 Å². The Balaban J connectivity index is 2.80. The van der Waals surface area contributed by atoms with E-state index in [4.69, 9.17) is 0 Å². The van der Waals surface area contributed by atoms with Crippen LogP contribution in [0.25, 0.3) is 0 Å². The number of aryl methyl sites for hydroxylation is 1. The molecule has 1 aromatic carbocycles. The van der Waals surface area contributed by atoms with Gasteiger partial charge in [0.15, 0.2) is 0 Å². The average molecular weight is 271 g/mol. The lowest BCUT2D eigenvalue weighted by molar-refractivity contribution is -0.117. The van der Waals surface area contributed by atoms with E-state index in [0.717, 1.165) is 15.7 Å². The number of hydrogen-bond donors (Lipinski definition) is 2. The van der Waals surface area contributed by atoms with Crippen molar-refractivity contribution >= 4 is 27.5 Å². The van der Waals surface area contributed by atoms with Crippen molar-refractivity contribution in [3.63, 3.8) is 0 Å². The first kappa shape index (κ1) is 12.2. The van der Waals surface area contributed by atoms with E-state index < -0.39 is 0 Å². The first-order chi connectivity index (χ1) is 7.04. The molecule has 0 spiro atoms. The summed E-state index contributed by atoms with van der Waals surface area (Å²) >= 11 is 3.37. The molecule has 0 aliphatic carbocycles. The summed E-state index contributed by atoms with van der Waals surface area (Å²) in [5.41, 5.74) is 1.89. The maximum absolute atomic E-state index is 11.6. The standard InChI is InChI=1S/C11H15BrN2O/c1-7-4-5-9(12)6-10(7)14-11(15)8(2)13-3/h4-6,8,13H,1-3H3,(H,14,15). The Hall–Kier alpha value is -0.870. The monoisotopic (exact) mass is 270 g/mol. The number of nitrogens with one attached hydrogen (secondary N) is 2. The molecule has 0 radical (unpaired) electrons. The van der Waals surface area contributed by atoms with Gasteiger partial charge in [0.2, 0.25) is 5.91 Å². The predicted molar refractivity (Wildman–Crippen MR) is 66.0 cm³/mol. The highest BCUT2D eigenvalue weighted by atomic mass is 79.9. The van der Waals surface area contributed by atoms with Crippen LogP contribution in [0.1, 0.15) is 12.5 Å². The fourth-order valence-corrected chi connectivity index (χ4v) is 1.46. The lowest BCUT2D eigenvalue weighted by Crippen LogP contribution is -2.35. The summed E-state index contributed by atoms with van der Waals surface area (Å²) in [6.07, 6.45) is 0. The van der Waals surface area contributed by atoms with Crippen LogP contribution in [0.2, 0.25) is 0 Å². The third kappa shape index (κ3) is 3.32. The van der Waals surface area contributed by atoms with Gasteiger partial charge in [0, 0.05) is 10.2 Å². The summed E-state index contributed by atoms with van der Waals surface area (Å²) in [4.78, 5) is 11.6. The van der Waals surface area contributed by atoms with Crippen molar-refractivity contribution in [1.82, 2.24) is 5.32 Å². The minimum atomic E-state index is -0.191. The summed E-state index contributed by atoms with van der Waals surface area (Å²) in [6.45, 7) is 3.79. The number of amides is 1. The first-order valence-electron chi connectivity index (χ1n) is 4.79. The van der Waals surface area contributed by atoms with Crippen LogP contribution in [0.4, 0.5) is 5.69 Å². The van der Waals surface area contributed by atoms with E-state index in [1.807, 2.05) is 32.0 Å². The van der Waals surface area contributed by atoms with E-state index in [0.29, 0.717) is 0 Å². The molecule has 0 aromatic heterocycles. The number of rotatable bonds is 3. The summed E-state index contributed by atoms with van der Waals surface area (Å²) in [5.74, 6) is -0.0290. The molecule has 0 bridgehead atoms. The van der Waals surface area contributed by atoms with Gasteiger partial charge in [-0.15, -0.1) is 0 Å². The van der Waals surface area contributed by atoms with Crippen molar-refractivity contribution in [2.45, 2.75) is 19.9 Å². The Labute approximate surface area is 98.4 Å². The zero-order valence-electron chi connectivity index (χ0n) is 9.10. The molecule has 1 atom stereocenters. The molecule has 82 valence electrons. The van der Waals surface area contributed by atoms with Crippen molar-refractivity contribution in [1.29, 1.82) is 0 Å². The molecule has 4 heteroatoms. The van der Waals surface area contributed by atoms with Gasteiger partial charge in [0.05, 0.1) is 6.04 Å². The minimum Gasteiger partial charge on any atom is -0.324 e. The molecule has 0 saturated carbocycles. The average Bonchev–Trinajstić information content (AvgIpc) is 2.22. The van der Waals surface area contributed by atoms with Crippen LogP contribution in [0.5, 0.6) is 0 Å². The topological polar surface area (TPSA) is 41.1 Å². The SMILES string of the molecule is CNC(C)C(=O)Nc1cc(Br)ccc1C. The second kappa shape index (κ2) is 5.28. The van der Waals surface area contributed by atoms with Gasteiger partial charge in [-0.05, 0) is 38.6 Å². The highest BCUT2D eigenvalue weighted by Gasteiger charge is 2.11. The van der Waals surface area contributed by atoms with Gasteiger partial charge in [-0.2, -0.15) is 0 Å². The molecular formula is C11H15BrN2O. The van der Waals surface area contributed by atoms with Crippen molar-refractivity contribution in [2.75, 3.05) is 12.4 Å². The third-order valence-electron chi connectivity index (χ3n) is 2.28. The van der Waals surface area contributed by atoms with Gasteiger partial charge in [-0.3, -0.25) is 4.79 Å². The second-order valence-corrected chi connectivity index (χ2v) is 4.37. The van der Waals surface area contributed by atoms with E-state index in [2.05, 4.69) is 26.6 Å². The molecule has 1 rings (SSSR count).